The second kappa shape index (κ2) is 9.49. The Hall–Kier alpha value is -1.97. The number of benzene rings is 1. The molecule has 1 amide bonds. The van der Waals surface area contributed by atoms with Crippen LogP contribution in [0.15, 0.2) is 39.7 Å². The number of amides is 1. The molecular weight excluding hydrogens is 471 g/mol. The molecule has 154 valence electrons. The largest absolute Gasteiger partial charge is 0.461 e. The molecule has 7 nitrogen and oxygen atoms in total. The Morgan fingerprint density at radius 3 is 2.46 bits per heavy atom. The summed E-state index contributed by atoms with van der Waals surface area (Å²) in [6.07, 6.45) is 0.426. The number of ether oxygens (including phenoxy) is 1. The monoisotopic (exact) mass is 500 g/mol. The molecule has 0 aliphatic carbocycles. The van der Waals surface area contributed by atoms with E-state index in [2.05, 4.69) is 4.99 Å². The number of carbonyl (C=O) groups is 1. The third-order valence-corrected chi connectivity index (χ3v) is 4.36. The fraction of sp³-hybridized carbons (Fsp3) is 0.500. The van der Waals surface area contributed by atoms with Gasteiger partial charge in [0.15, 0.2) is 5.96 Å². The maximum absolute atomic E-state index is 12.1. The van der Waals surface area contributed by atoms with Crippen molar-refractivity contribution in [2.75, 3.05) is 32.7 Å². The Bertz CT molecular complexity index is 787. The highest BCUT2D eigenvalue weighted by atomic mass is 127. The molecule has 1 aromatic carbocycles. The van der Waals surface area contributed by atoms with Crippen LogP contribution in [0.2, 0.25) is 0 Å². The molecule has 0 radical (unpaired) electrons. The summed E-state index contributed by atoms with van der Waals surface area (Å²) in [5.41, 5.74) is 6.53. The minimum Gasteiger partial charge on any atom is -0.461 e. The second-order valence-electron chi connectivity index (χ2n) is 7.69. The number of aliphatic imine (C=N–C) groups is 1. The SMILES string of the molecule is CC(C)(C)OC(=O)N1CCN(C(N)=NCCc2cc3ccccc3o2)CC1.I. The average molecular weight is 500 g/mol. The summed E-state index contributed by atoms with van der Waals surface area (Å²) >= 11 is 0. The first-order valence-electron chi connectivity index (χ1n) is 9.32. The van der Waals surface area contributed by atoms with E-state index in [9.17, 15) is 4.79 Å². The van der Waals surface area contributed by atoms with Crippen molar-refractivity contribution in [3.8, 4) is 0 Å². The number of fused-ring (bicyclic) bond motifs is 1. The van der Waals surface area contributed by atoms with Gasteiger partial charge < -0.3 is 24.7 Å². The minimum absolute atomic E-state index is 0. The van der Waals surface area contributed by atoms with E-state index < -0.39 is 5.60 Å². The van der Waals surface area contributed by atoms with E-state index in [1.807, 2.05) is 56.0 Å². The fourth-order valence-electron chi connectivity index (χ4n) is 2.99. The number of nitrogens with zero attached hydrogens (tertiary/aromatic N) is 3. The lowest BCUT2D eigenvalue weighted by Gasteiger charge is -2.36. The molecule has 1 fully saturated rings. The number of hydrogen-bond donors (Lipinski definition) is 1. The zero-order chi connectivity index (χ0) is 19.4. The van der Waals surface area contributed by atoms with Crippen molar-refractivity contribution >= 4 is 47.0 Å². The van der Waals surface area contributed by atoms with Gasteiger partial charge in [-0.05, 0) is 32.9 Å². The summed E-state index contributed by atoms with van der Waals surface area (Å²) in [6.45, 7) is 8.63. The van der Waals surface area contributed by atoms with E-state index in [1.165, 1.54) is 0 Å². The van der Waals surface area contributed by atoms with E-state index in [4.69, 9.17) is 14.9 Å². The van der Waals surface area contributed by atoms with Gasteiger partial charge in [-0.2, -0.15) is 0 Å². The number of para-hydroxylation sites is 1. The third-order valence-electron chi connectivity index (χ3n) is 4.36. The number of rotatable bonds is 3. The number of furan rings is 1. The van der Waals surface area contributed by atoms with Gasteiger partial charge in [0, 0.05) is 44.5 Å². The Morgan fingerprint density at radius 1 is 1.18 bits per heavy atom. The van der Waals surface area contributed by atoms with E-state index in [0.29, 0.717) is 45.1 Å². The van der Waals surface area contributed by atoms with Gasteiger partial charge in [-0.15, -0.1) is 24.0 Å². The number of carbonyl (C=O) groups excluding carboxylic acids is 1. The van der Waals surface area contributed by atoms with Gasteiger partial charge in [-0.1, -0.05) is 18.2 Å². The molecule has 2 heterocycles. The molecule has 28 heavy (non-hydrogen) atoms. The van der Waals surface area contributed by atoms with Crippen LogP contribution in [0.3, 0.4) is 0 Å². The first-order valence-corrected chi connectivity index (χ1v) is 9.32. The quantitative estimate of drug-likeness (QED) is 0.397. The molecule has 0 bridgehead atoms. The van der Waals surface area contributed by atoms with E-state index >= 15 is 0 Å². The zero-order valence-corrected chi connectivity index (χ0v) is 19.0. The Kier molecular flexibility index (Phi) is 7.56. The first kappa shape index (κ1) is 22.3. The van der Waals surface area contributed by atoms with Crippen LogP contribution < -0.4 is 5.73 Å². The smallest absolute Gasteiger partial charge is 0.410 e. The van der Waals surface area contributed by atoms with Crippen molar-refractivity contribution < 1.29 is 13.9 Å². The summed E-state index contributed by atoms with van der Waals surface area (Å²) < 4.78 is 11.2. The van der Waals surface area contributed by atoms with Crippen LogP contribution in [0.1, 0.15) is 26.5 Å². The predicted molar refractivity (Wildman–Crippen MR) is 121 cm³/mol. The summed E-state index contributed by atoms with van der Waals surface area (Å²) in [4.78, 5) is 20.3. The molecule has 3 rings (SSSR count). The average Bonchev–Trinajstić information content (AvgIpc) is 3.03. The summed E-state index contributed by atoms with van der Waals surface area (Å²) in [7, 11) is 0. The normalized spacial score (nSPS) is 15.5. The Morgan fingerprint density at radius 2 is 1.82 bits per heavy atom. The first-order chi connectivity index (χ1) is 12.8. The van der Waals surface area contributed by atoms with Gasteiger partial charge in [0.1, 0.15) is 16.9 Å². The molecule has 0 saturated carbocycles. The molecule has 0 atom stereocenters. The highest BCUT2D eigenvalue weighted by Crippen LogP contribution is 2.19. The zero-order valence-electron chi connectivity index (χ0n) is 16.7. The lowest BCUT2D eigenvalue weighted by Crippen LogP contribution is -2.53. The molecule has 0 unspecified atom stereocenters. The van der Waals surface area contributed by atoms with Crippen LogP contribution in [-0.4, -0.2) is 60.2 Å². The van der Waals surface area contributed by atoms with Crippen LogP contribution in [0, 0.1) is 0 Å². The second-order valence-corrected chi connectivity index (χ2v) is 7.69. The molecule has 0 spiro atoms. The molecular formula is C20H29IN4O3. The van der Waals surface area contributed by atoms with Crippen LogP contribution in [0.5, 0.6) is 0 Å². The van der Waals surface area contributed by atoms with E-state index in [0.717, 1.165) is 16.7 Å². The molecule has 2 N–H and O–H groups in total. The van der Waals surface area contributed by atoms with Gasteiger partial charge in [-0.25, -0.2) is 4.79 Å². The Labute approximate surface area is 182 Å². The third kappa shape index (κ3) is 6.02. The van der Waals surface area contributed by atoms with Crippen molar-refractivity contribution in [2.24, 2.45) is 10.7 Å². The fourth-order valence-corrected chi connectivity index (χ4v) is 2.99. The number of guanidine groups is 1. The molecule has 1 aliphatic heterocycles. The van der Waals surface area contributed by atoms with Gasteiger partial charge in [-0.3, -0.25) is 4.99 Å². The van der Waals surface area contributed by atoms with Crippen molar-refractivity contribution in [3.63, 3.8) is 0 Å². The molecule has 8 heteroatoms. The van der Waals surface area contributed by atoms with Gasteiger partial charge in [0.2, 0.25) is 0 Å². The van der Waals surface area contributed by atoms with Crippen molar-refractivity contribution in [2.45, 2.75) is 32.8 Å². The highest BCUT2D eigenvalue weighted by molar-refractivity contribution is 14.0. The van der Waals surface area contributed by atoms with Crippen LogP contribution in [0.4, 0.5) is 4.79 Å². The predicted octanol–water partition coefficient (Wildman–Crippen LogP) is 3.46. The van der Waals surface area contributed by atoms with Crippen LogP contribution in [-0.2, 0) is 11.2 Å². The van der Waals surface area contributed by atoms with Crippen molar-refractivity contribution in [3.05, 3.63) is 36.1 Å². The minimum atomic E-state index is -0.481. The number of nitrogens with two attached hydrogens (primary N) is 1. The summed E-state index contributed by atoms with van der Waals surface area (Å²) in [5, 5.41) is 1.10. The van der Waals surface area contributed by atoms with Crippen molar-refractivity contribution in [1.29, 1.82) is 0 Å². The lowest BCUT2D eigenvalue weighted by atomic mass is 10.2. The van der Waals surface area contributed by atoms with E-state index in [1.54, 1.807) is 4.90 Å². The summed E-state index contributed by atoms with van der Waals surface area (Å²) in [6, 6.07) is 9.99. The maximum Gasteiger partial charge on any atom is 0.410 e. The molecule has 1 saturated heterocycles. The highest BCUT2D eigenvalue weighted by Gasteiger charge is 2.26. The van der Waals surface area contributed by atoms with Crippen molar-refractivity contribution in [1.82, 2.24) is 9.80 Å². The van der Waals surface area contributed by atoms with E-state index in [-0.39, 0.29) is 30.1 Å². The molecule has 2 aromatic rings. The van der Waals surface area contributed by atoms with Gasteiger partial charge in [0.25, 0.3) is 0 Å². The van der Waals surface area contributed by atoms with Crippen LogP contribution >= 0.6 is 24.0 Å². The number of hydrogen-bond acceptors (Lipinski definition) is 4. The lowest BCUT2D eigenvalue weighted by molar-refractivity contribution is 0.0186. The number of piperazine rings is 1. The maximum atomic E-state index is 12.1. The summed E-state index contributed by atoms with van der Waals surface area (Å²) in [5.74, 6) is 1.41. The Balaban J connectivity index is 0.00000280. The van der Waals surface area contributed by atoms with Gasteiger partial charge >= 0.3 is 6.09 Å². The molecule has 1 aliphatic rings. The molecule has 1 aromatic heterocycles. The van der Waals surface area contributed by atoms with Crippen LogP contribution in [0.25, 0.3) is 11.0 Å². The van der Waals surface area contributed by atoms with Gasteiger partial charge in [0.05, 0.1) is 0 Å². The number of halogens is 1. The topological polar surface area (TPSA) is 84.3 Å². The standard InChI is InChI=1S/C20H28N4O3.HI/c1-20(2,3)27-19(25)24-12-10-23(11-13-24)18(21)22-9-8-16-14-15-6-4-5-7-17(15)26-16;/h4-7,14H,8-13H2,1-3H3,(H2,21,22);1H.